The molecule has 0 aromatic rings. The molecule has 2 fully saturated rings. The third-order valence-electron chi connectivity index (χ3n) is 3.68. The average Bonchev–Trinajstić information content (AvgIpc) is 2.74. The molecule has 18 heavy (non-hydrogen) atoms. The number of amides is 2. The molecule has 2 aliphatic heterocycles. The van der Waals surface area contributed by atoms with E-state index in [2.05, 4.69) is 17.6 Å². The molecule has 0 saturated carbocycles. The molecule has 0 spiro atoms. The highest BCUT2D eigenvalue weighted by atomic mass is 32.2. The monoisotopic (exact) mass is 271 g/mol. The smallest absolute Gasteiger partial charge is 0.239 e. The van der Waals surface area contributed by atoms with Gasteiger partial charge in [-0.05, 0) is 31.3 Å². The summed E-state index contributed by atoms with van der Waals surface area (Å²) in [6, 6.07) is 0. The molecule has 2 saturated heterocycles. The van der Waals surface area contributed by atoms with Gasteiger partial charge in [0.2, 0.25) is 11.8 Å². The van der Waals surface area contributed by atoms with Gasteiger partial charge >= 0.3 is 0 Å². The zero-order chi connectivity index (χ0) is 13.0. The molecular formula is C12H21N3O2S. The second-order valence-electron chi connectivity index (χ2n) is 5.41. The first-order chi connectivity index (χ1) is 8.59. The first-order valence-corrected chi connectivity index (χ1v) is 7.57. The normalized spacial score (nSPS) is 23.2. The lowest BCUT2D eigenvalue weighted by molar-refractivity contribution is -0.132. The molecule has 0 aromatic carbocycles. The number of nitrogens with one attached hydrogen (secondary N) is 2. The van der Waals surface area contributed by atoms with Crippen molar-refractivity contribution in [1.29, 1.82) is 0 Å². The summed E-state index contributed by atoms with van der Waals surface area (Å²) in [6.07, 6.45) is 2.18. The lowest BCUT2D eigenvalue weighted by Crippen LogP contribution is -2.45. The van der Waals surface area contributed by atoms with Crippen molar-refractivity contribution in [3.8, 4) is 0 Å². The van der Waals surface area contributed by atoms with E-state index < -0.39 is 0 Å². The van der Waals surface area contributed by atoms with Crippen LogP contribution in [0.1, 0.15) is 19.8 Å². The van der Waals surface area contributed by atoms with Crippen LogP contribution in [0.5, 0.6) is 0 Å². The van der Waals surface area contributed by atoms with Gasteiger partial charge in [0.1, 0.15) is 6.54 Å². The van der Waals surface area contributed by atoms with Crippen LogP contribution in [-0.4, -0.2) is 54.5 Å². The molecule has 0 bridgehead atoms. The maximum atomic E-state index is 11.8. The van der Waals surface area contributed by atoms with Gasteiger partial charge in [-0.1, -0.05) is 6.92 Å². The molecule has 2 N–H and O–H groups in total. The first-order valence-electron chi connectivity index (χ1n) is 6.42. The second-order valence-corrected chi connectivity index (χ2v) is 6.36. The van der Waals surface area contributed by atoms with Crippen molar-refractivity contribution < 1.29 is 9.59 Å². The van der Waals surface area contributed by atoms with E-state index in [1.807, 2.05) is 0 Å². The Balaban J connectivity index is 1.72. The Morgan fingerprint density at radius 3 is 2.83 bits per heavy atom. The molecule has 2 rings (SSSR count). The van der Waals surface area contributed by atoms with E-state index in [4.69, 9.17) is 0 Å². The van der Waals surface area contributed by atoms with E-state index in [0.29, 0.717) is 18.2 Å². The Bertz CT molecular complexity index is 329. The van der Waals surface area contributed by atoms with E-state index in [1.165, 1.54) is 0 Å². The highest BCUT2D eigenvalue weighted by Crippen LogP contribution is 2.26. The quantitative estimate of drug-likeness (QED) is 0.757. The van der Waals surface area contributed by atoms with Crippen molar-refractivity contribution in [3.63, 3.8) is 0 Å². The predicted octanol–water partition coefficient (Wildman–Crippen LogP) is 0.0252. The minimum absolute atomic E-state index is 0.0365. The number of hydrogen-bond donors (Lipinski definition) is 2. The molecule has 0 atom stereocenters. The van der Waals surface area contributed by atoms with E-state index in [-0.39, 0.29) is 23.8 Å². The molecule has 0 unspecified atom stereocenters. The number of carbonyl (C=O) groups is 2. The van der Waals surface area contributed by atoms with E-state index in [1.54, 1.807) is 16.7 Å². The molecule has 2 aliphatic rings. The minimum atomic E-state index is -0.0365. The average molecular weight is 271 g/mol. The Morgan fingerprint density at radius 1 is 1.50 bits per heavy atom. The topological polar surface area (TPSA) is 61.4 Å². The van der Waals surface area contributed by atoms with Gasteiger partial charge in [-0.25, -0.2) is 0 Å². The van der Waals surface area contributed by atoms with Gasteiger partial charge in [-0.15, -0.1) is 11.8 Å². The number of carbonyl (C=O) groups excluding carboxylic acids is 2. The molecular weight excluding hydrogens is 250 g/mol. The molecule has 0 radical (unpaired) electrons. The van der Waals surface area contributed by atoms with Crippen molar-refractivity contribution in [1.82, 2.24) is 15.5 Å². The fourth-order valence-electron chi connectivity index (χ4n) is 2.29. The molecule has 2 amide bonds. The zero-order valence-electron chi connectivity index (χ0n) is 10.8. The van der Waals surface area contributed by atoms with Crippen LogP contribution in [0.2, 0.25) is 0 Å². The Hall–Kier alpha value is -0.750. The summed E-state index contributed by atoms with van der Waals surface area (Å²) in [4.78, 5) is 24.8. The van der Waals surface area contributed by atoms with E-state index in [0.717, 1.165) is 25.9 Å². The molecule has 6 heteroatoms. The van der Waals surface area contributed by atoms with Crippen molar-refractivity contribution in [2.45, 2.75) is 19.8 Å². The first kappa shape index (κ1) is 13.7. The summed E-state index contributed by atoms with van der Waals surface area (Å²) in [6.45, 7) is 5.18. The van der Waals surface area contributed by atoms with Gasteiger partial charge in [0.15, 0.2) is 0 Å². The van der Waals surface area contributed by atoms with E-state index in [9.17, 15) is 9.59 Å². The number of rotatable bonds is 4. The lowest BCUT2D eigenvalue weighted by Gasteiger charge is -2.34. The summed E-state index contributed by atoms with van der Waals surface area (Å²) >= 11 is 1.57. The maximum absolute atomic E-state index is 11.8. The Labute approximate surface area is 112 Å². The summed E-state index contributed by atoms with van der Waals surface area (Å²) in [5, 5.41) is 6.29. The Kier molecular flexibility index (Phi) is 4.50. The molecule has 0 aromatic heterocycles. The number of nitrogens with zero attached hydrogens (tertiary/aromatic N) is 1. The highest BCUT2D eigenvalue weighted by molar-refractivity contribution is 8.00. The van der Waals surface area contributed by atoms with Crippen molar-refractivity contribution in [3.05, 3.63) is 0 Å². The van der Waals surface area contributed by atoms with Gasteiger partial charge in [0, 0.05) is 6.54 Å². The van der Waals surface area contributed by atoms with Gasteiger partial charge < -0.3 is 15.5 Å². The summed E-state index contributed by atoms with van der Waals surface area (Å²) < 4.78 is 0. The van der Waals surface area contributed by atoms with Crippen molar-refractivity contribution in [2.24, 2.45) is 5.41 Å². The van der Waals surface area contributed by atoms with Crippen LogP contribution >= 0.6 is 11.8 Å². The van der Waals surface area contributed by atoms with Gasteiger partial charge in [-0.2, -0.15) is 0 Å². The number of hydrogen-bond acceptors (Lipinski definition) is 4. The fourth-order valence-corrected chi connectivity index (χ4v) is 3.19. The van der Waals surface area contributed by atoms with Gasteiger partial charge in [-0.3, -0.25) is 9.59 Å². The van der Waals surface area contributed by atoms with Crippen LogP contribution in [0.25, 0.3) is 0 Å². The molecule has 2 heterocycles. The van der Waals surface area contributed by atoms with Crippen molar-refractivity contribution in [2.75, 3.05) is 37.8 Å². The van der Waals surface area contributed by atoms with E-state index >= 15 is 0 Å². The maximum Gasteiger partial charge on any atom is 0.239 e. The predicted molar refractivity (Wildman–Crippen MR) is 72.3 cm³/mol. The summed E-state index contributed by atoms with van der Waals surface area (Å²) in [7, 11) is 0. The molecule has 102 valence electrons. The number of piperidine rings is 1. The minimum Gasteiger partial charge on any atom is -0.354 e. The van der Waals surface area contributed by atoms with Crippen molar-refractivity contribution >= 4 is 23.6 Å². The van der Waals surface area contributed by atoms with Crippen LogP contribution in [0, 0.1) is 5.41 Å². The second kappa shape index (κ2) is 5.93. The zero-order valence-corrected chi connectivity index (χ0v) is 11.6. The number of thioether (sulfide) groups is 1. The van der Waals surface area contributed by atoms with Crippen LogP contribution in [0.3, 0.4) is 0 Å². The third kappa shape index (κ3) is 3.62. The lowest BCUT2D eigenvalue weighted by atomic mass is 9.81. The standard InChI is InChI=1S/C12H21N3O2S/c1-12(2-4-13-5-3-12)8-14-10(16)6-15-9-18-7-11(15)17/h13H,2-9H2,1H3,(H,14,16). The van der Waals surface area contributed by atoms with Crippen LogP contribution in [-0.2, 0) is 9.59 Å². The SMILES string of the molecule is CC1(CNC(=O)CN2CSCC2=O)CCNCC1. The third-order valence-corrected chi connectivity index (χ3v) is 4.63. The van der Waals surface area contributed by atoms with Crippen LogP contribution < -0.4 is 10.6 Å². The largest absolute Gasteiger partial charge is 0.354 e. The summed E-state index contributed by atoms with van der Waals surface area (Å²) in [5.41, 5.74) is 0.199. The highest BCUT2D eigenvalue weighted by Gasteiger charge is 2.28. The molecule has 0 aliphatic carbocycles. The Morgan fingerprint density at radius 2 is 2.22 bits per heavy atom. The van der Waals surface area contributed by atoms with Gasteiger partial charge in [0.05, 0.1) is 11.6 Å². The fraction of sp³-hybridized carbons (Fsp3) is 0.833. The van der Waals surface area contributed by atoms with Crippen LogP contribution in [0.4, 0.5) is 0 Å². The van der Waals surface area contributed by atoms with Crippen LogP contribution in [0.15, 0.2) is 0 Å². The molecule has 5 nitrogen and oxygen atoms in total. The van der Waals surface area contributed by atoms with Gasteiger partial charge in [0.25, 0.3) is 0 Å². The summed E-state index contributed by atoms with van der Waals surface area (Å²) in [5.74, 6) is 1.19.